The number of benzene rings is 2. The Morgan fingerprint density at radius 2 is 1.84 bits per heavy atom. The number of H-pyrrole nitrogens is 1. The minimum atomic E-state index is -1.05. The van der Waals surface area contributed by atoms with E-state index in [1.807, 2.05) is 6.07 Å². The predicted octanol–water partition coefficient (Wildman–Crippen LogP) is 2.67. The molecule has 1 aromatic heterocycles. The fraction of sp³-hybridized carbons (Fsp3) is 0.308. The molecule has 5 rings (SSSR count). The first-order valence-corrected chi connectivity index (χ1v) is 12.6. The number of β-lactam (4-membered cyclic amide) rings is 1. The number of aromatic nitrogens is 3. The highest BCUT2D eigenvalue weighted by molar-refractivity contribution is 8.01. The largest absolute Gasteiger partial charge is 0.480 e. The molecule has 2 amide bonds. The topological polar surface area (TPSA) is 145 Å². The third-order valence-corrected chi connectivity index (χ3v) is 8.42. The lowest BCUT2D eigenvalue weighted by Gasteiger charge is -2.43. The minimum Gasteiger partial charge on any atom is -0.480 e. The van der Waals surface area contributed by atoms with Crippen LogP contribution in [0.4, 0.5) is 0 Å². The second-order valence-electron chi connectivity index (χ2n) is 9.62. The number of ketones is 1. The summed E-state index contributed by atoms with van der Waals surface area (Å²) in [5.74, 6) is -2.77. The predicted molar refractivity (Wildman–Crippen MR) is 135 cm³/mol. The van der Waals surface area contributed by atoms with E-state index >= 15 is 0 Å². The number of carboxylic acid groups (broad SMARTS) is 1. The van der Waals surface area contributed by atoms with Crippen LogP contribution in [-0.2, 0) is 14.4 Å². The maximum absolute atomic E-state index is 13.5. The van der Waals surface area contributed by atoms with E-state index in [9.17, 15) is 24.3 Å². The molecule has 4 atom stereocenters. The number of carbonyl (C=O) groups excluding carboxylic acids is 3. The summed E-state index contributed by atoms with van der Waals surface area (Å²) in [6.07, 6.45) is 1.48. The second-order valence-corrected chi connectivity index (χ2v) is 11.4. The number of Topliss-reactive ketones (excluding diaryl/α,β-unsaturated/α-hetero) is 1. The molecule has 2 fully saturated rings. The summed E-state index contributed by atoms with van der Waals surface area (Å²) in [6, 6.07) is 13.7. The highest BCUT2D eigenvalue weighted by atomic mass is 32.2. The Kier molecular flexibility index (Phi) is 6.32. The number of rotatable bonds is 8. The Balaban J connectivity index is 1.33. The number of fused-ring (bicyclic) bond motifs is 1. The molecule has 2 aliphatic rings. The Morgan fingerprint density at radius 1 is 1.14 bits per heavy atom. The van der Waals surface area contributed by atoms with E-state index in [0.29, 0.717) is 16.8 Å². The molecular weight excluding hydrogens is 494 g/mol. The standard InChI is InChI=1S/C26H25N5O5S/c1-26(2)21(25(35)36)31-23(34)17(24(31)37-26)12-19(32)20(15-6-4-3-5-7-15)28-22(33)16-10-8-14(9-11-16)18-13-27-30-29-18/h3-11,13,17,20-21,24H,12H2,1-2H3,(H,28,33)(H,35,36)(H,27,29,30)/t17-,20-,21+,24-/m1/s1. The Bertz CT molecular complexity index is 1340. The maximum atomic E-state index is 13.5. The van der Waals surface area contributed by atoms with Gasteiger partial charge < -0.3 is 15.3 Å². The molecular formula is C26H25N5O5S. The average Bonchev–Trinajstić information content (AvgIpc) is 3.51. The van der Waals surface area contributed by atoms with Gasteiger partial charge in [0.1, 0.15) is 17.8 Å². The van der Waals surface area contributed by atoms with Crippen LogP contribution in [0.5, 0.6) is 0 Å². The first kappa shape index (κ1) is 24.7. The average molecular weight is 520 g/mol. The smallest absolute Gasteiger partial charge is 0.327 e. The van der Waals surface area contributed by atoms with Crippen LogP contribution in [0.2, 0.25) is 0 Å². The summed E-state index contributed by atoms with van der Waals surface area (Å²) in [6.45, 7) is 3.59. The molecule has 2 aromatic carbocycles. The van der Waals surface area contributed by atoms with Gasteiger partial charge in [0.25, 0.3) is 5.91 Å². The van der Waals surface area contributed by atoms with Gasteiger partial charge in [-0.25, -0.2) is 4.79 Å². The Hall–Kier alpha value is -3.99. The molecule has 37 heavy (non-hydrogen) atoms. The van der Waals surface area contributed by atoms with Crippen molar-refractivity contribution in [3.63, 3.8) is 0 Å². The van der Waals surface area contributed by atoms with E-state index in [0.717, 1.165) is 5.56 Å². The van der Waals surface area contributed by atoms with Crippen LogP contribution >= 0.6 is 11.8 Å². The molecule has 190 valence electrons. The molecule has 3 aromatic rings. The minimum absolute atomic E-state index is 0.0969. The normalized spacial score (nSPS) is 22.6. The van der Waals surface area contributed by atoms with Crippen LogP contribution in [0.25, 0.3) is 11.3 Å². The number of carbonyl (C=O) groups is 4. The van der Waals surface area contributed by atoms with Gasteiger partial charge in [0.15, 0.2) is 5.78 Å². The van der Waals surface area contributed by atoms with Crippen molar-refractivity contribution in [3.05, 3.63) is 71.9 Å². The fourth-order valence-electron chi connectivity index (χ4n) is 4.96. The van der Waals surface area contributed by atoms with Gasteiger partial charge in [-0.1, -0.05) is 42.5 Å². The third kappa shape index (κ3) is 4.50. The zero-order valence-electron chi connectivity index (χ0n) is 20.1. The fourth-order valence-corrected chi connectivity index (χ4v) is 6.64. The van der Waals surface area contributed by atoms with E-state index in [2.05, 4.69) is 20.7 Å². The summed E-state index contributed by atoms with van der Waals surface area (Å²) in [4.78, 5) is 52.7. The van der Waals surface area contributed by atoms with Crippen LogP contribution in [0.15, 0.2) is 60.8 Å². The zero-order valence-corrected chi connectivity index (χ0v) is 20.9. The Morgan fingerprint density at radius 3 is 2.46 bits per heavy atom. The van der Waals surface area contributed by atoms with Gasteiger partial charge in [-0.15, -0.1) is 11.8 Å². The Labute approximate surface area is 216 Å². The van der Waals surface area contributed by atoms with Gasteiger partial charge in [0, 0.05) is 22.3 Å². The number of amides is 2. The van der Waals surface area contributed by atoms with Crippen molar-refractivity contribution in [1.82, 2.24) is 25.6 Å². The van der Waals surface area contributed by atoms with Crippen molar-refractivity contribution < 1.29 is 24.3 Å². The summed E-state index contributed by atoms with van der Waals surface area (Å²) in [5.41, 5.74) is 2.39. The molecule has 10 nitrogen and oxygen atoms in total. The molecule has 3 heterocycles. The van der Waals surface area contributed by atoms with Crippen molar-refractivity contribution in [2.24, 2.45) is 5.92 Å². The van der Waals surface area contributed by atoms with Crippen molar-refractivity contribution >= 4 is 35.3 Å². The highest BCUT2D eigenvalue weighted by Crippen LogP contribution is 2.54. The van der Waals surface area contributed by atoms with Crippen LogP contribution in [-0.4, -0.2) is 65.1 Å². The summed E-state index contributed by atoms with van der Waals surface area (Å²) >= 11 is 1.40. The number of aliphatic carboxylic acids is 1. The number of nitrogens with one attached hydrogen (secondary N) is 2. The van der Waals surface area contributed by atoms with Gasteiger partial charge in [0.2, 0.25) is 5.91 Å². The molecule has 11 heteroatoms. The number of carboxylic acids is 1. The summed E-state index contributed by atoms with van der Waals surface area (Å²) in [7, 11) is 0. The molecule has 0 aliphatic carbocycles. The third-order valence-electron chi connectivity index (χ3n) is 6.79. The quantitative estimate of drug-likeness (QED) is 0.385. The van der Waals surface area contributed by atoms with Crippen molar-refractivity contribution in [3.8, 4) is 11.3 Å². The number of aromatic amines is 1. The van der Waals surface area contributed by atoms with Crippen molar-refractivity contribution in [1.29, 1.82) is 0 Å². The number of thioether (sulfide) groups is 1. The number of hydrogen-bond acceptors (Lipinski definition) is 7. The molecule has 0 unspecified atom stereocenters. The van der Waals surface area contributed by atoms with Crippen LogP contribution in [0.3, 0.4) is 0 Å². The highest BCUT2D eigenvalue weighted by Gasteiger charge is 2.63. The molecule has 0 bridgehead atoms. The van der Waals surface area contributed by atoms with Gasteiger partial charge >= 0.3 is 5.97 Å². The van der Waals surface area contributed by atoms with Crippen molar-refractivity contribution in [2.75, 3.05) is 0 Å². The SMILES string of the molecule is CC1(C)S[C@@H]2[C@H](CC(=O)[C@H](NC(=O)c3ccc(-c4cn[nH]n4)cc3)c3ccccc3)C(=O)N2[C@H]1C(=O)O. The number of hydrogen-bond donors (Lipinski definition) is 3. The van der Waals surface area contributed by atoms with Gasteiger partial charge in [-0.2, -0.15) is 15.4 Å². The van der Waals surface area contributed by atoms with Crippen LogP contribution in [0.1, 0.15) is 42.2 Å². The van der Waals surface area contributed by atoms with E-state index in [1.165, 1.54) is 16.7 Å². The van der Waals surface area contributed by atoms with Gasteiger partial charge in [-0.3, -0.25) is 14.4 Å². The monoisotopic (exact) mass is 519 g/mol. The first-order valence-electron chi connectivity index (χ1n) is 11.7. The second kappa shape index (κ2) is 9.47. The lowest BCUT2D eigenvalue weighted by molar-refractivity contribution is -0.164. The van der Waals surface area contributed by atoms with E-state index in [4.69, 9.17) is 0 Å². The first-order chi connectivity index (χ1) is 17.7. The van der Waals surface area contributed by atoms with E-state index in [1.54, 1.807) is 68.6 Å². The van der Waals surface area contributed by atoms with Gasteiger partial charge in [-0.05, 0) is 31.5 Å². The number of nitrogens with zero attached hydrogens (tertiary/aromatic N) is 3. The van der Waals surface area contributed by atoms with Crippen LogP contribution in [0, 0.1) is 5.92 Å². The molecule has 3 N–H and O–H groups in total. The summed E-state index contributed by atoms with van der Waals surface area (Å²) < 4.78 is -0.671. The molecule has 0 saturated carbocycles. The molecule has 2 saturated heterocycles. The molecule has 0 radical (unpaired) electrons. The molecule has 0 spiro atoms. The van der Waals surface area contributed by atoms with Crippen LogP contribution < -0.4 is 5.32 Å². The van der Waals surface area contributed by atoms with Gasteiger partial charge in [0.05, 0.1) is 17.5 Å². The lowest BCUT2D eigenvalue weighted by Crippen LogP contribution is -2.63. The zero-order chi connectivity index (χ0) is 26.3. The van der Waals surface area contributed by atoms with Crippen molar-refractivity contribution in [2.45, 2.75) is 42.5 Å². The van der Waals surface area contributed by atoms with E-state index < -0.39 is 34.6 Å². The maximum Gasteiger partial charge on any atom is 0.327 e. The lowest BCUT2D eigenvalue weighted by atomic mass is 9.86. The van der Waals surface area contributed by atoms with E-state index in [-0.39, 0.29) is 23.5 Å². The molecule has 2 aliphatic heterocycles. The summed E-state index contributed by atoms with van der Waals surface area (Å²) in [5, 5.41) is 22.4.